The third-order valence-corrected chi connectivity index (χ3v) is 2.89. The highest BCUT2D eigenvalue weighted by Gasteiger charge is 2.06. The number of nitrogen functional groups attached to an aromatic ring is 1. The highest BCUT2D eigenvalue weighted by molar-refractivity contribution is 14.1. The number of benzene rings is 2. The largest absolute Gasteiger partial charge is 0.397 e. The lowest BCUT2D eigenvalue weighted by Gasteiger charge is -2.10. The number of nitrogens with two attached hydrogens (primary N) is 1. The molecular formula is C12H9F2IN2. The van der Waals surface area contributed by atoms with Gasteiger partial charge in [-0.1, -0.05) is 0 Å². The third kappa shape index (κ3) is 2.85. The fourth-order valence-electron chi connectivity index (χ4n) is 1.38. The molecule has 0 saturated heterocycles. The maximum absolute atomic E-state index is 13.4. The molecule has 3 N–H and O–H groups in total. The molecule has 0 saturated carbocycles. The first kappa shape index (κ1) is 12.1. The van der Waals surface area contributed by atoms with Crippen LogP contribution in [0.3, 0.4) is 0 Å². The lowest BCUT2D eigenvalue weighted by molar-refractivity contribution is 0.586. The Morgan fingerprint density at radius 1 is 1.00 bits per heavy atom. The van der Waals surface area contributed by atoms with Gasteiger partial charge in [0.2, 0.25) is 0 Å². The molecule has 2 nitrogen and oxygen atoms in total. The summed E-state index contributed by atoms with van der Waals surface area (Å²) < 4.78 is 27.1. The minimum Gasteiger partial charge on any atom is -0.397 e. The van der Waals surface area contributed by atoms with Crippen LogP contribution in [0.5, 0.6) is 0 Å². The molecule has 0 bridgehead atoms. The van der Waals surface area contributed by atoms with Gasteiger partial charge in [-0.05, 0) is 52.9 Å². The van der Waals surface area contributed by atoms with Gasteiger partial charge in [-0.15, -0.1) is 0 Å². The van der Waals surface area contributed by atoms with E-state index >= 15 is 0 Å². The molecule has 0 aromatic heterocycles. The summed E-state index contributed by atoms with van der Waals surface area (Å²) in [5, 5.41) is 2.82. The van der Waals surface area contributed by atoms with E-state index in [9.17, 15) is 8.78 Å². The van der Waals surface area contributed by atoms with Crippen LogP contribution >= 0.6 is 22.6 Å². The normalized spacial score (nSPS) is 10.3. The van der Waals surface area contributed by atoms with Crippen molar-refractivity contribution in [3.63, 3.8) is 0 Å². The van der Waals surface area contributed by atoms with Crippen molar-refractivity contribution in [3.05, 3.63) is 51.6 Å². The highest BCUT2D eigenvalue weighted by Crippen LogP contribution is 2.26. The Morgan fingerprint density at radius 3 is 2.35 bits per heavy atom. The molecule has 0 aliphatic carbocycles. The molecule has 0 unspecified atom stereocenters. The van der Waals surface area contributed by atoms with Crippen molar-refractivity contribution in [2.45, 2.75) is 0 Å². The molecular weight excluding hydrogens is 337 g/mol. The number of rotatable bonds is 2. The molecule has 2 rings (SSSR count). The Kier molecular flexibility index (Phi) is 3.46. The molecule has 0 spiro atoms. The maximum atomic E-state index is 13.4. The van der Waals surface area contributed by atoms with Crippen molar-refractivity contribution in [1.82, 2.24) is 0 Å². The van der Waals surface area contributed by atoms with Gasteiger partial charge < -0.3 is 11.1 Å². The van der Waals surface area contributed by atoms with Crippen LogP contribution in [0.15, 0.2) is 36.4 Å². The summed E-state index contributed by atoms with van der Waals surface area (Å²) in [5.41, 5.74) is 7.09. The molecule has 2 aromatic rings. The Morgan fingerprint density at radius 2 is 1.71 bits per heavy atom. The fraction of sp³-hybridized carbons (Fsp3) is 0. The van der Waals surface area contributed by atoms with Crippen LogP contribution in [0.1, 0.15) is 0 Å². The van der Waals surface area contributed by atoms with E-state index in [2.05, 4.69) is 27.9 Å². The molecule has 0 heterocycles. The molecule has 2 aromatic carbocycles. The molecule has 0 amide bonds. The molecule has 0 radical (unpaired) electrons. The molecule has 0 aliphatic heterocycles. The van der Waals surface area contributed by atoms with Crippen molar-refractivity contribution in [2.24, 2.45) is 0 Å². The van der Waals surface area contributed by atoms with E-state index in [4.69, 9.17) is 5.73 Å². The first-order valence-corrected chi connectivity index (χ1v) is 5.91. The SMILES string of the molecule is Nc1cc(I)ccc1Nc1ccc(F)cc1F. The van der Waals surface area contributed by atoms with Gasteiger partial charge in [0.25, 0.3) is 0 Å². The average molecular weight is 346 g/mol. The summed E-state index contributed by atoms with van der Waals surface area (Å²) in [6.45, 7) is 0. The Labute approximate surface area is 111 Å². The van der Waals surface area contributed by atoms with E-state index in [0.29, 0.717) is 11.4 Å². The number of halogens is 3. The second-order valence-corrected chi connectivity index (χ2v) is 4.73. The second-order valence-electron chi connectivity index (χ2n) is 3.48. The van der Waals surface area contributed by atoms with Gasteiger partial charge in [-0.25, -0.2) is 8.78 Å². The van der Waals surface area contributed by atoms with Crippen molar-refractivity contribution in [3.8, 4) is 0 Å². The monoisotopic (exact) mass is 346 g/mol. The van der Waals surface area contributed by atoms with Gasteiger partial charge in [-0.3, -0.25) is 0 Å². The van der Waals surface area contributed by atoms with Crippen LogP contribution < -0.4 is 11.1 Å². The standard InChI is InChI=1S/C12H9F2IN2/c13-7-1-3-11(9(14)5-7)17-12-4-2-8(15)6-10(12)16/h1-6,17H,16H2. The van der Waals surface area contributed by atoms with Crippen LogP contribution in [0.25, 0.3) is 0 Å². The highest BCUT2D eigenvalue weighted by atomic mass is 127. The summed E-state index contributed by atoms with van der Waals surface area (Å²) in [6, 6.07) is 8.71. The summed E-state index contributed by atoms with van der Waals surface area (Å²) in [7, 11) is 0. The molecule has 88 valence electrons. The van der Waals surface area contributed by atoms with E-state index in [-0.39, 0.29) is 5.69 Å². The second kappa shape index (κ2) is 4.87. The summed E-state index contributed by atoms with van der Waals surface area (Å²) in [4.78, 5) is 0. The number of nitrogens with one attached hydrogen (secondary N) is 1. The van der Waals surface area contributed by atoms with Crippen LogP contribution in [-0.2, 0) is 0 Å². The lowest BCUT2D eigenvalue weighted by Crippen LogP contribution is -1.98. The molecule has 17 heavy (non-hydrogen) atoms. The van der Waals surface area contributed by atoms with Crippen LogP contribution in [0.2, 0.25) is 0 Å². The van der Waals surface area contributed by atoms with E-state index in [1.807, 2.05) is 6.07 Å². The Balaban J connectivity index is 2.31. The van der Waals surface area contributed by atoms with Gasteiger partial charge in [0.15, 0.2) is 0 Å². The fourth-order valence-corrected chi connectivity index (χ4v) is 1.90. The van der Waals surface area contributed by atoms with Crippen LogP contribution in [-0.4, -0.2) is 0 Å². The van der Waals surface area contributed by atoms with Gasteiger partial charge in [0.05, 0.1) is 17.1 Å². The minimum atomic E-state index is -0.650. The van der Waals surface area contributed by atoms with Crippen molar-refractivity contribution >= 4 is 39.7 Å². The quantitative estimate of drug-likeness (QED) is 0.640. The van der Waals surface area contributed by atoms with E-state index < -0.39 is 11.6 Å². The minimum absolute atomic E-state index is 0.194. The van der Waals surface area contributed by atoms with E-state index in [0.717, 1.165) is 9.64 Å². The number of anilines is 3. The molecule has 5 heteroatoms. The van der Waals surface area contributed by atoms with E-state index in [1.165, 1.54) is 12.1 Å². The zero-order chi connectivity index (χ0) is 12.4. The predicted molar refractivity (Wildman–Crippen MR) is 73.2 cm³/mol. The van der Waals surface area contributed by atoms with Gasteiger partial charge in [0.1, 0.15) is 11.6 Å². The zero-order valence-corrected chi connectivity index (χ0v) is 10.8. The van der Waals surface area contributed by atoms with Gasteiger partial charge in [0, 0.05) is 9.64 Å². The van der Waals surface area contributed by atoms with Crippen molar-refractivity contribution < 1.29 is 8.78 Å². The number of hydrogen-bond donors (Lipinski definition) is 2. The number of hydrogen-bond acceptors (Lipinski definition) is 2. The average Bonchev–Trinajstić information content (AvgIpc) is 2.25. The maximum Gasteiger partial charge on any atom is 0.149 e. The van der Waals surface area contributed by atoms with E-state index in [1.54, 1.807) is 12.1 Å². The topological polar surface area (TPSA) is 38.0 Å². The lowest BCUT2D eigenvalue weighted by atomic mass is 10.2. The summed E-state index contributed by atoms with van der Waals surface area (Å²) in [5.74, 6) is -1.26. The predicted octanol–water partition coefficient (Wildman–Crippen LogP) is 3.90. The summed E-state index contributed by atoms with van der Waals surface area (Å²) in [6.07, 6.45) is 0. The first-order chi connectivity index (χ1) is 8.06. The van der Waals surface area contributed by atoms with Gasteiger partial charge >= 0.3 is 0 Å². The molecule has 0 aliphatic rings. The molecule has 0 fully saturated rings. The zero-order valence-electron chi connectivity index (χ0n) is 8.68. The van der Waals surface area contributed by atoms with Crippen LogP contribution in [0, 0.1) is 15.2 Å². The van der Waals surface area contributed by atoms with Crippen LogP contribution in [0.4, 0.5) is 25.8 Å². The van der Waals surface area contributed by atoms with Gasteiger partial charge in [-0.2, -0.15) is 0 Å². The Hall–Kier alpha value is -1.37. The smallest absolute Gasteiger partial charge is 0.149 e. The third-order valence-electron chi connectivity index (χ3n) is 2.21. The van der Waals surface area contributed by atoms with Crippen molar-refractivity contribution in [1.29, 1.82) is 0 Å². The first-order valence-electron chi connectivity index (χ1n) is 4.83. The van der Waals surface area contributed by atoms with Crippen molar-refractivity contribution in [2.75, 3.05) is 11.1 Å². The summed E-state index contributed by atoms with van der Waals surface area (Å²) >= 11 is 2.13. The Bertz CT molecular complexity index is 509. The molecule has 0 atom stereocenters.